The zero-order valence-corrected chi connectivity index (χ0v) is 9.79. The standard InChI is InChI=1S/C4H11P2.Y/c1-4(2-5)3-6;/h2-3,5-6H2,1H3;/q-1;. The van der Waals surface area contributed by atoms with Crippen molar-refractivity contribution in [1.29, 1.82) is 0 Å². The SMILES string of the molecule is C[C-](CP)CP.[Y]. The molecule has 41 valence electrons. The maximum Gasteiger partial charge on any atom is 0 e. The Morgan fingerprint density at radius 3 is 1.57 bits per heavy atom. The Balaban J connectivity index is 0. The summed E-state index contributed by atoms with van der Waals surface area (Å²) in [5.41, 5.74) is 0. The van der Waals surface area contributed by atoms with E-state index in [0.29, 0.717) is 0 Å². The third kappa shape index (κ3) is 7.96. The van der Waals surface area contributed by atoms with Crippen LogP contribution in [-0.4, -0.2) is 12.3 Å². The molecule has 0 N–H and O–H groups in total. The zero-order valence-electron chi connectivity index (χ0n) is 4.65. The number of hydrogen-bond donors (Lipinski definition) is 0. The molecular formula is C4H11P2Y-. The Hall–Kier alpha value is 1.96. The van der Waals surface area contributed by atoms with E-state index >= 15 is 0 Å². The summed E-state index contributed by atoms with van der Waals surface area (Å²) in [6, 6.07) is 0. The molecule has 0 rings (SSSR count). The second-order valence-corrected chi connectivity index (χ2v) is 2.18. The van der Waals surface area contributed by atoms with Gasteiger partial charge in [0.25, 0.3) is 0 Å². The first-order valence-corrected chi connectivity index (χ1v) is 3.66. The third-order valence-electron chi connectivity index (χ3n) is 0.697. The van der Waals surface area contributed by atoms with Crippen LogP contribution in [0, 0.1) is 5.92 Å². The van der Waals surface area contributed by atoms with Crippen LogP contribution in [0.15, 0.2) is 0 Å². The first kappa shape index (κ1) is 11.7. The quantitative estimate of drug-likeness (QED) is 0.476. The molecule has 0 aliphatic heterocycles. The van der Waals surface area contributed by atoms with Crippen LogP contribution in [0.1, 0.15) is 6.92 Å². The maximum atomic E-state index is 2.69. The van der Waals surface area contributed by atoms with E-state index in [1.807, 2.05) is 0 Å². The van der Waals surface area contributed by atoms with Crippen molar-refractivity contribution in [2.24, 2.45) is 0 Å². The normalized spacial score (nSPS) is 8.57. The number of hydrogen-bond acceptors (Lipinski definition) is 0. The molecule has 0 amide bonds. The van der Waals surface area contributed by atoms with Crippen molar-refractivity contribution < 1.29 is 32.7 Å². The third-order valence-corrected chi connectivity index (χ3v) is 2.09. The summed E-state index contributed by atoms with van der Waals surface area (Å²) in [7, 11) is 5.38. The molecule has 0 spiro atoms. The summed E-state index contributed by atoms with van der Waals surface area (Å²) in [5.74, 6) is 1.52. The second kappa shape index (κ2) is 7.96. The predicted octanol–water partition coefficient (Wildman–Crippen LogP) is 1.33. The van der Waals surface area contributed by atoms with Gasteiger partial charge in [-0.15, -0.1) is 0 Å². The van der Waals surface area contributed by atoms with Crippen molar-refractivity contribution in [3.63, 3.8) is 0 Å². The van der Waals surface area contributed by atoms with E-state index in [4.69, 9.17) is 0 Å². The summed E-state index contributed by atoms with van der Waals surface area (Å²) in [6.45, 7) is 2.15. The van der Waals surface area contributed by atoms with Gasteiger partial charge in [0.1, 0.15) is 0 Å². The summed E-state index contributed by atoms with van der Waals surface area (Å²) in [4.78, 5) is 0. The van der Waals surface area contributed by atoms with Crippen LogP contribution in [0.25, 0.3) is 0 Å². The van der Waals surface area contributed by atoms with Gasteiger partial charge >= 0.3 is 0 Å². The molecule has 0 aliphatic carbocycles. The van der Waals surface area contributed by atoms with Crippen molar-refractivity contribution in [2.45, 2.75) is 6.92 Å². The van der Waals surface area contributed by atoms with E-state index in [0.717, 1.165) is 12.3 Å². The molecule has 2 unspecified atom stereocenters. The van der Waals surface area contributed by atoms with Crippen LogP contribution >= 0.6 is 18.5 Å². The van der Waals surface area contributed by atoms with Crippen molar-refractivity contribution in [1.82, 2.24) is 0 Å². The summed E-state index contributed by atoms with van der Waals surface area (Å²) >= 11 is 0. The van der Waals surface area contributed by atoms with Gasteiger partial charge in [-0.1, -0.05) is 0 Å². The molecule has 1 radical (unpaired) electrons. The average molecular weight is 210 g/mol. The Labute approximate surface area is 75.9 Å². The van der Waals surface area contributed by atoms with Gasteiger partial charge in [0.2, 0.25) is 0 Å². The van der Waals surface area contributed by atoms with Crippen LogP contribution in [-0.2, 0) is 32.7 Å². The van der Waals surface area contributed by atoms with E-state index in [1.54, 1.807) is 0 Å². The fourth-order valence-electron chi connectivity index (χ4n) is 0.0833. The molecule has 0 aromatic carbocycles. The van der Waals surface area contributed by atoms with Crippen LogP contribution in [0.2, 0.25) is 0 Å². The monoisotopic (exact) mass is 210 g/mol. The van der Waals surface area contributed by atoms with Gasteiger partial charge < -0.3 is 5.92 Å². The maximum absolute atomic E-state index is 2.69. The van der Waals surface area contributed by atoms with E-state index in [-0.39, 0.29) is 32.7 Å². The summed E-state index contributed by atoms with van der Waals surface area (Å²) in [5, 5.41) is 0. The molecule has 0 saturated heterocycles. The Bertz CT molecular complexity index is 28.9. The van der Waals surface area contributed by atoms with Crippen molar-refractivity contribution >= 4 is 18.5 Å². The molecular weight excluding hydrogens is 199 g/mol. The molecule has 0 fully saturated rings. The Morgan fingerprint density at radius 2 is 1.57 bits per heavy atom. The van der Waals surface area contributed by atoms with Gasteiger partial charge in [0.05, 0.1) is 0 Å². The molecule has 0 aromatic heterocycles. The first-order chi connectivity index (χ1) is 2.81. The van der Waals surface area contributed by atoms with Gasteiger partial charge in [0, 0.05) is 32.7 Å². The summed E-state index contributed by atoms with van der Waals surface area (Å²) in [6.07, 6.45) is 2.28. The molecule has 0 aromatic rings. The fourth-order valence-corrected chi connectivity index (χ4v) is 0.750. The number of rotatable bonds is 2. The Morgan fingerprint density at radius 1 is 1.29 bits per heavy atom. The van der Waals surface area contributed by atoms with Gasteiger partial charge in [-0.2, -0.15) is 37.7 Å². The van der Waals surface area contributed by atoms with Crippen molar-refractivity contribution in [3.8, 4) is 0 Å². The molecule has 0 nitrogen and oxygen atoms in total. The average Bonchev–Trinajstić information content (AvgIpc) is 1.65. The van der Waals surface area contributed by atoms with Crippen molar-refractivity contribution in [3.05, 3.63) is 5.92 Å². The van der Waals surface area contributed by atoms with Crippen LogP contribution < -0.4 is 0 Å². The smallest absolute Gasteiger partial charge is 0 e. The van der Waals surface area contributed by atoms with Crippen LogP contribution in [0.4, 0.5) is 0 Å². The predicted molar refractivity (Wildman–Crippen MR) is 38.1 cm³/mol. The molecule has 0 bridgehead atoms. The van der Waals surface area contributed by atoms with E-state index in [2.05, 4.69) is 25.4 Å². The van der Waals surface area contributed by atoms with Gasteiger partial charge in [-0.05, 0) is 0 Å². The minimum absolute atomic E-state index is 0. The summed E-state index contributed by atoms with van der Waals surface area (Å²) < 4.78 is 0. The second-order valence-electron chi connectivity index (χ2n) is 1.37. The molecule has 0 aliphatic rings. The molecule has 7 heavy (non-hydrogen) atoms. The molecule has 2 atom stereocenters. The van der Waals surface area contributed by atoms with E-state index in [1.165, 1.54) is 5.92 Å². The largest absolute Gasteiger partial charge is 0.309 e. The topological polar surface area (TPSA) is 0 Å². The Kier molecular flexibility index (Phi) is 13.3. The molecule has 3 heteroatoms. The van der Waals surface area contributed by atoms with Crippen LogP contribution in [0.3, 0.4) is 0 Å². The van der Waals surface area contributed by atoms with Gasteiger partial charge in [-0.25, -0.2) is 0 Å². The van der Waals surface area contributed by atoms with Crippen LogP contribution in [0.5, 0.6) is 0 Å². The van der Waals surface area contributed by atoms with Gasteiger partial charge in [-0.3, -0.25) is 0 Å². The zero-order chi connectivity index (χ0) is 4.99. The molecule has 0 saturated carbocycles. The van der Waals surface area contributed by atoms with E-state index < -0.39 is 0 Å². The fraction of sp³-hybridized carbons (Fsp3) is 0.750. The van der Waals surface area contributed by atoms with E-state index in [9.17, 15) is 0 Å². The minimum atomic E-state index is 0. The molecule has 0 heterocycles. The van der Waals surface area contributed by atoms with Gasteiger partial charge in [0.15, 0.2) is 0 Å². The first-order valence-electron chi connectivity index (χ1n) is 2.02. The van der Waals surface area contributed by atoms with Crippen molar-refractivity contribution in [2.75, 3.05) is 12.3 Å². The minimum Gasteiger partial charge on any atom is -0.309 e.